The first-order valence-corrected chi connectivity index (χ1v) is 6.86. The van der Waals surface area contributed by atoms with Gasteiger partial charge in [-0.25, -0.2) is 9.78 Å². The lowest BCUT2D eigenvalue weighted by atomic mass is 10.1. The van der Waals surface area contributed by atoms with Crippen LogP contribution in [-0.4, -0.2) is 23.6 Å². The number of nitrogens with one attached hydrogen (secondary N) is 2. The maximum Gasteiger partial charge on any atom is 0.417 e. The van der Waals surface area contributed by atoms with Crippen LogP contribution in [0.3, 0.4) is 0 Å². The van der Waals surface area contributed by atoms with Crippen LogP contribution in [0.15, 0.2) is 32.8 Å². The van der Waals surface area contributed by atoms with Gasteiger partial charge in [-0.1, -0.05) is 0 Å². The number of oxazole rings is 1. The number of likely N-dealkylation sites (N-methyl/N-ethyl adjacent to an activating group) is 1. The number of aromatic amines is 1. The lowest BCUT2D eigenvalue weighted by molar-refractivity contribution is 0.555. The minimum atomic E-state index is -0.430. The van der Waals surface area contributed by atoms with Gasteiger partial charge in [0, 0.05) is 23.9 Å². The maximum atomic E-state index is 11.1. The quantitative estimate of drug-likeness (QED) is 0.764. The highest BCUT2D eigenvalue weighted by Gasteiger charge is 2.07. The molecule has 5 nitrogen and oxygen atoms in total. The summed E-state index contributed by atoms with van der Waals surface area (Å²) in [6, 6.07) is 5.59. The Morgan fingerprint density at radius 2 is 2.37 bits per heavy atom. The molecule has 0 aliphatic carbocycles. The molecule has 0 fully saturated rings. The molecule has 0 aliphatic rings. The molecule has 0 radical (unpaired) electrons. The van der Waals surface area contributed by atoms with Crippen LogP contribution in [0.5, 0.6) is 0 Å². The monoisotopic (exact) mass is 275 g/mol. The third kappa shape index (κ3) is 2.45. The first-order valence-electron chi connectivity index (χ1n) is 5.98. The zero-order valence-electron chi connectivity index (χ0n) is 10.4. The normalized spacial score (nSPS) is 11.2. The van der Waals surface area contributed by atoms with Crippen LogP contribution >= 0.6 is 11.3 Å². The van der Waals surface area contributed by atoms with Crippen LogP contribution < -0.4 is 11.1 Å². The summed E-state index contributed by atoms with van der Waals surface area (Å²) in [5.41, 5.74) is 3.18. The molecule has 1 aromatic carbocycles. The third-order valence-electron chi connectivity index (χ3n) is 2.86. The molecule has 0 unspecified atom stereocenters. The van der Waals surface area contributed by atoms with Crippen LogP contribution in [0.25, 0.3) is 22.4 Å². The average Bonchev–Trinajstić information content (AvgIpc) is 3.00. The van der Waals surface area contributed by atoms with Crippen molar-refractivity contribution >= 4 is 22.4 Å². The molecule has 0 spiro atoms. The van der Waals surface area contributed by atoms with Gasteiger partial charge in [0.15, 0.2) is 5.58 Å². The van der Waals surface area contributed by atoms with Gasteiger partial charge >= 0.3 is 5.76 Å². The highest BCUT2D eigenvalue weighted by atomic mass is 32.1. The summed E-state index contributed by atoms with van der Waals surface area (Å²) in [6.07, 6.45) is 0.923. The number of benzene rings is 1. The molecule has 98 valence electrons. The predicted molar refractivity (Wildman–Crippen MR) is 75.6 cm³/mol. The number of thiazole rings is 1. The van der Waals surface area contributed by atoms with E-state index in [1.807, 2.05) is 24.6 Å². The van der Waals surface area contributed by atoms with Gasteiger partial charge in [-0.15, -0.1) is 11.3 Å². The maximum absolute atomic E-state index is 11.1. The molecule has 6 heteroatoms. The van der Waals surface area contributed by atoms with Crippen molar-refractivity contribution in [3.63, 3.8) is 0 Å². The van der Waals surface area contributed by atoms with Gasteiger partial charge in [0.1, 0.15) is 0 Å². The van der Waals surface area contributed by atoms with Gasteiger partial charge in [0.2, 0.25) is 0 Å². The van der Waals surface area contributed by atoms with Crippen molar-refractivity contribution in [2.24, 2.45) is 0 Å². The highest BCUT2D eigenvalue weighted by Crippen LogP contribution is 2.24. The summed E-state index contributed by atoms with van der Waals surface area (Å²) < 4.78 is 4.98. The van der Waals surface area contributed by atoms with Crippen LogP contribution in [0, 0.1) is 0 Å². The van der Waals surface area contributed by atoms with Crippen molar-refractivity contribution in [2.45, 2.75) is 6.42 Å². The van der Waals surface area contributed by atoms with E-state index in [1.54, 1.807) is 17.4 Å². The van der Waals surface area contributed by atoms with E-state index in [2.05, 4.69) is 15.3 Å². The highest BCUT2D eigenvalue weighted by molar-refractivity contribution is 7.09. The number of aromatic nitrogens is 2. The Morgan fingerprint density at radius 3 is 3.21 bits per heavy atom. The van der Waals surface area contributed by atoms with E-state index in [4.69, 9.17) is 4.42 Å². The number of nitrogens with zero attached hydrogens (tertiary/aromatic N) is 1. The molecule has 0 aliphatic heterocycles. The molecule has 2 N–H and O–H groups in total. The zero-order valence-corrected chi connectivity index (χ0v) is 11.2. The summed E-state index contributed by atoms with van der Waals surface area (Å²) in [4.78, 5) is 18.4. The lowest BCUT2D eigenvalue weighted by Gasteiger charge is -1.96. The number of rotatable bonds is 4. The van der Waals surface area contributed by atoms with E-state index >= 15 is 0 Å². The Morgan fingerprint density at radius 1 is 1.47 bits per heavy atom. The average molecular weight is 275 g/mol. The number of hydrogen-bond acceptors (Lipinski definition) is 5. The summed E-state index contributed by atoms with van der Waals surface area (Å²) in [6.45, 7) is 0.918. The summed E-state index contributed by atoms with van der Waals surface area (Å²) in [5.74, 6) is -0.430. The lowest BCUT2D eigenvalue weighted by Crippen LogP contribution is -2.09. The van der Waals surface area contributed by atoms with E-state index in [9.17, 15) is 4.79 Å². The molecule has 0 bridgehead atoms. The van der Waals surface area contributed by atoms with Gasteiger partial charge in [-0.2, -0.15) is 0 Å². The minimum Gasteiger partial charge on any atom is -0.408 e. The molecule has 3 aromatic rings. The van der Waals surface area contributed by atoms with E-state index in [0.29, 0.717) is 11.1 Å². The van der Waals surface area contributed by atoms with E-state index < -0.39 is 5.76 Å². The molecule has 0 atom stereocenters. The fourth-order valence-electron chi connectivity index (χ4n) is 1.90. The molecule has 0 saturated heterocycles. The van der Waals surface area contributed by atoms with Crippen LogP contribution in [0.1, 0.15) is 5.01 Å². The minimum absolute atomic E-state index is 0.430. The fraction of sp³-hybridized carbons (Fsp3) is 0.231. The molecule has 0 amide bonds. The van der Waals surface area contributed by atoms with E-state index in [0.717, 1.165) is 29.2 Å². The number of fused-ring (bicyclic) bond motifs is 1. The van der Waals surface area contributed by atoms with Gasteiger partial charge in [-0.3, -0.25) is 4.98 Å². The molecule has 0 saturated carbocycles. The van der Waals surface area contributed by atoms with Crippen molar-refractivity contribution < 1.29 is 4.42 Å². The van der Waals surface area contributed by atoms with Crippen LogP contribution in [0.2, 0.25) is 0 Å². The standard InChI is InChI=1S/C13H13N3O2S/c1-14-5-4-12-15-10(7-19-12)8-2-3-11-9(6-8)16-13(17)18-11/h2-3,6-7,14H,4-5H2,1H3,(H,16,17). The summed E-state index contributed by atoms with van der Waals surface area (Å²) >= 11 is 1.65. The van der Waals surface area contributed by atoms with Crippen molar-refractivity contribution in [3.05, 3.63) is 39.1 Å². The summed E-state index contributed by atoms with van der Waals surface area (Å²) in [7, 11) is 1.93. The van der Waals surface area contributed by atoms with Crippen LogP contribution in [0.4, 0.5) is 0 Å². The number of H-pyrrole nitrogens is 1. The molecular weight excluding hydrogens is 262 g/mol. The van der Waals surface area contributed by atoms with Gasteiger partial charge in [-0.05, 0) is 25.2 Å². The third-order valence-corrected chi connectivity index (χ3v) is 3.76. The van der Waals surface area contributed by atoms with Crippen LogP contribution in [-0.2, 0) is 6.42 Å². The van der Waals surface area contributed by atoms with Crippen molar-refractivity contribution in [1.82, 2.24) is 15.3 Å². The van der Waals surface area contributed by atoms with Gasteiger partial charge < -0.3 is 9.73 Å². The van der Waals surface area contributed by atoms with Crippen molar-refractivity contribution in [2.75, 3.05) is 13.6 Å². The SMILES string of the molecule is CNCCc1nc(-c2ccc3oc(=O)[nH]c3c2)cs1. The van der Waals surface area contributed by atoms with Gasteiger partial charge in [0.25, 0.3) is 0 Å². The first kappa shape index (κ1) is 12.1. The molecule has 3 rings (SSSR count). The van der Waals surface area contributed by atoms with E-state index in [1.165, 1.54) is 0 Å². The Hall–Kier alpha value is -1.92. The Kier molecular flexibility index (Phi) is 3.18. The Labute approximate surface area is 113 Å². The largest absolute Gasteiger partial charge is 0.417 e. The van der Waals surface area contributed by atoms with Crippen molar-refractivity contribution in [3.8, 4) is 11.3 Å². The van der Waals surface area contributed by atoms with Gasteiger partial charge in [0.05, 0.1) is 16.2 Å². The smallest absolute Gasteiger partial charge is 0.408 e. The molecule has 2 aromatic heterocycles. The van der Waals surface area contributed by atoms with Crippen molar-refractivity contribution in [1.29, 1.82) is 0 Å². The Bertz CT molecular complexity index is 756. The second-order valence-corrected chi connectivity index (χ2v) is 5.15. The van der Waals surface area contributed by atoms with E-state index in [-0.39, 0.29) is 0 Å². The molecule has 2 heterocycles. The summed E-state index contributed by atoms with van der Waals surface area (Å²) in [5, 5.41) is 6.24. The molecular formula is C13H13N3O2S. The Balaban J connectivity index is 1.94. The fourth-order valence-corrected chi connectivity index (χ4v) is 2.71. The second-order valence-electron chi connectivity index (χ2n) is 4.21. The first-order chi connectivity index (χ1) is 9.26. The second kappa shape index (κ2) is 4.99. The predicted octanol–water partition coefficient (Wildman–Crippen LogP) is 2.01. The zero-order chi connectivity index (χ0) is 13.2. The topological polar surface area (TPSA) is 70.9 Å². The number of hydrogen-bond donors (Lipinski definition) is 2. The molecule has 19 heavy (non-hydrogen) atoms.